The van der Waals surface area contributed by atoms with Gasteiger partial charge in [0.1, 0.15) is 5.75 Å². The molecule has 2 nitrogen and oxygen atoms in total. The molecule has 1 aromatic rings. The topological polar surface area (TPSA) is 29.5 Å². The standard InChI is InChI=1S/C15H22O2S2/c1-10(2)17-13-6-4-5-12(9-13)14(16)15-11(3)18-7-8-19-15/h4-6,9-11,14-16H,7-8H2,1-3H3. The van der Waals surface area contributed by atoms with E-state index in [-0.39, 0.29) is 11.4 Å². The zero-order valence-electron chi connectivity index (χ0n) is 11.7. The molecule has 3 atom stereocenters. The summed E-state index contributed by atoms with van der Waals surface area (Å²) in [4.78, 5) is 0. The SMILES string of the molecule is CC(C)Oc1cccc(C(O)C2SCCSC2C)c1. The van der Waals surface area contributed by atoms with E-state index in [1.54, 1.807) is 0 Å². The molecule has 106 valence electrons. The smallest absolute Gasteiger partial charge is 0.120 e. The first-order valence-corrected chi connectivity index (χ1v) is 8.85. The molecule has 0 spiro atoms. The largest absolute Gasteiger partial charge is 0.491 e. The third-order valence-electron chi connectivity index (χ3n) is 3.12. The summed E-state index contributed by atoms with van der Waals surface area (Å²) in [6.45, 7) is 6.23. The highest BCUT2D eigenvalue weighted by atomic mass is 32.2. The van der Waals surface area contributed by atoms with Gasteiger partial charge in [0.2, 0.25) is 0 Å². The molecule has 4 heteroatoms. The van der Waals surface area contributed by atoms with Crippen molar-refractivity contribution in [3.63, 3.8) is 0 Å². The summed E-state index contributed by atoms with van der Waals surface area (Å²) >= 11 is 3.83. The number of ether oxygens (including phenoxy) is 1. The van der Waals surface area contributed by atoms with Gasteiger partial charge in [-0.15, -0.1) is 0 Å². The third-order valence-corrected chi connectivity index (χ3v) is 6.30. The molecule has 0 bridgehead atoms. The van der Waals surface area contributed by atoms with Crippen LogP contribution >= 0.6 is 23.5 Å². The van der Waals surface area contributed by atoms with Crippen LogP contribution in [0.1, 0.15) is 32.4 Å². The lowest BCUT2D eigenvalue weighted by Gasteiger charge is -2.32. The third kappa shape index (κ3) is 4.07. The van der Waals surface area contributed by atoms with E-state index in [0.717, 1.165) is 17.1 Å². The van der Waals surface area contributed by atoms with Gasteiger partial charge in [-0.1, -0.05) is 19.1 Å². The van der Waals surface area contributed by atoms with Crippen molar-refractivity contribution in [3.05, 3.63) is 29.8 Å². The summed E-state index contributed by atoms with van der Waals surface area (Å²) < 4.78 is 5.70. The summed E-state index contributed by atoms with van der Waals surface area (Å²) in [7, 11) is 0. The summed E-state index contributed by atoms with van der Waals surface area (Å²) in [5, 5.41) is 11.3. The first-order chi connectivity index (χ1) is 9.08. The Labute approximate surface area is 124 Å². The Morgan fingerprint density at radius 1 is 1.26 bits per heavy atom. The Morgan fingerprint density at radius 2 is 2.00 bits per heavy atom. The van der Waals surface area contributed by atoms with Crippen molar-refractivity contribution in [2.24, 2.45) is 0 Å². The monoisotopic (exact) mass is 298 g/mol. The maximum Gasteiger partial charge on any atom is 0.120 e. The minimum absolute atomic E-state index is 0.158. The molecule has 1 aliphatic heterocycles. The Bertz CT molecular complexity index is 409. The van der Waals surface area contributed by atoms with Crippen LogP contribution in [0.25, 0.3) is 0 Å². The van der Waals surface area contributed by atoms with Crippen molar-refractivity contribution < 1.29 is 9.84 Å². The van der Waals surface area contributed by atoms with Crippen LogP contribution in [0.5, 0.6) is 5.75 Å². The Hall–Kier alpha value is -0.320. The van der Waals surface area contributed by atoms with Gasteiger partial charge in [0, 0.05) is 22.0 Å². The molecule has 0 aliphatic carbocycles. The van der Waals surface area contributed by atoms with E-state index in [2.05, 4.69) is 6.92 Å². The minimum Gasteiger partial charge on any atom is -0.491 e. The maximum atomic E-state index is 10.6. The van der Waals surface area contributed by atoms with Gasteiger partial charge < -0.3 is 9.84 Å². The number of aliphatic hydroxyl groups is 1. The average molecular weight is 298 g/mol. The lowest BCUT2D eigenvalue weighted by atomic mass is 10.0. The molecule has 0 saturated carbocycles. The molecule has 1 fully saturated rings. The van der Waals surface area contributed by atoms with Crippen molar-refractivity contribution in [3.8, 4) is 5.75 Å². The second kappa shape index (κ2) is 6.91. The molecule has 2 rings (SSSR count). The molecule has 0 aromatic heterocycles. The predicted octanol–water partition coefficient (Wildman–Crippen LogP) is 3.74. The molecule has 1 aliphatic rings. The number of benzene rings is 1. The minimum atomic E-state index is -0.413. The molecule has 19 heavy (non-hydrogen) atoms. The molecular formula is C15H22O2S2. The van der Waals surface area contributed by atoms with E-state index >= 15 is 0 Å². The van der Waals surface area contributed by atoms with Crippen LogP contribution in [0, 0.1) is 0 Å². The van der Waals surface area contributed by atoms with Gasteiger partial charge in [-0.2, -0.15) is 23.5 Å². The first kappa shape index (κ1) is 15.1. The predicted molar refractivity (Wildman–Crippen MR) is 85.3 cm³/mol. The van der Waals surface area contributed by atoms with Gasteiger partial charge in [0.15, 0.2) is 0 Å². The number of aliphatic hydroxyl groups excluding tert-OH is 1. The van der Waals surface area contributed by atoms with Crippen molar-refractivity contribution in [1.29, 1.82) is 0 Å². The number of hydrogen-bond donors (Lipinski definition) is 1. The van der Waals surface area contributed by atoms with Crippen molar-refractivity contribution in [1.82, 2.24) is 0 Å². The molecule has 1 heterocycles. The molecule has 1 N–H and O–H groups in total. The van der Waals surface area contributed by atoms with Crippen molar-refractivity contribution in [2.45, 2.75) is 43.5 Å². The lowest BCUT2D eigenvalue weighted by molar-refractivity contribution is 0.173. The Kier molecular flexibility index (Phi) is 5.48. The molecule has 1 saturated heterocycles. The lowest BCUT2D eigenvalue weighted by Crippen LogP contribution is -2.29. The van der Waals surface area contributed by atoms with Crippen molar-refractivity contribution >= 4 is 23.5 Å². The van der Waals surface area contributed by atoms with Gasteiger partial charge >= 0.3 is 0 Å². The molecule has 1 aromatic carbocycles. The van der Waals surface area contributed by atoms with E-state index in [1.807, 2.05) is 61.6 Å². The van der Waals surface area contributed by atoms with Gasteiger partial charge in [0.05, 0.1) is 12.2 Å². The van der Waals surface area contributed by atoms with E-state index in [0.29, 0.717) is 5.25 Å². The fraction of sp³-hybridized carbons (Fsp3) is 0.600. The van der Waals surface area contributed by atoms with E-state index < -0.39 is 6.10 Å². The highest BCUT2D eigenvalue weighted by Crippen LogP contribution is 2.39. The summed E-state index contributed by atoms with van der Waals surface area (Å²) in [5.41, 5.74) is 0.963. The fourth-order valence-electron chi connectivity index (χ4n) is 2.23. The second-order valence-electron chi connectivity index (χ2n) is 5.10. The quantitative estimate of drug-likeness (QED) is 0.917. The highest BCUT2D eigenvalue weighted by molar-refractivity contribution is 8.07. The van der Waals surface area contributed by atoms with Crippen LogP contribution in [0.2, 0.25) is 0 Å². The van der Waals surface area contributed by atoms with Gasteiger partial charge in [-0.25, -0.2) is 0 Å². The molecular weight excluding hydrogens is 276 g/mol. The maximum absolute atomic E-state index is 10.6. The van der Waals surface area contributed by atoms with E-state index in [9.17, 15) is 5.11 Å². The Balaban J connectivity index is 2.11. The number of hydrogen-bond acceptors (Lipinski definition) is 4. The van der Waals surface area contributed by atoms with Crippen LogP contribution in [-0.2, 0) is 0 Å². The van der Waals surface area contributed by atoms with Crippen LogP contribution in [0.3, 0.4) is 0 Å². The van der Waals surface area contributed by atoms with Crippen LogP contribution in [-0.4, -0.2) is 33.2 Å². The average Bonchev–Trinajstić information content (AvgIpc) is 2.38. The van der Waals surface area contributed by atoms with Crippen LogP contribution < -0.4 is 4.74 Å². The fourth-order valence-corrected chi connectivity index (χ4v) is 5.06. The normalized spacial score (nSPS) is 25.3. The van der Waals surface area contributed by atoms with E-state index in [4.69, 9.17) is 4.74 Å². The number of rotatable bonds is 4. The van der Waals surface area contributed by atoms with Gasteiger partial charge in [-0.3, -0.25) is 0 Å². The second-order valence-corrected chi connectivity index (χ2v) is 7.87. The van der Waals surface area contributed by atoms with Crippen molar-refractivity contribution in [2.75, 3.05) is 11.5 Å². The Morgan fingerprint density at radius 3 is 2.68 bits per heavy atom. The molecule has 3 unspecified atom stereocenters. The molecule has 0 radical (unpaired) electrons. The molecule has 0 amide bonds. The zero-order chi connectivity index (χ0) is 13.8. The summed E-state index contributed by atoms with van der Waals surface area (Å²) in [6, 6.07) is 7.87. The number of thioether (sulfide) groups is 2. The van der Waals surface area contributed by atoms with Crippen LogP contribution in [0.4, 0.5) is 0 Å². The van der Waals surface area contributed by atoms with E-state index in [1.165, 1.54) is 5.75 Å². The zero-order valence-corrected chi connectivity index (χ0v) is 13.3. The first-order valence-electron chi connectivity index (χ1n) is 6.76. The van der Waals surface area contributed by atoms with Gasteiger partial charge in [-0.05, 0) is 31.5 Å². The van der Waals surface area contributed by atoms with Gasteiger partial charge in [0.25, 0.3) is 0 Å². The van der Waals surface area contributed by atoms with Crippen LogP contribution in [0.15, 0.2) is 24.3 Å². The summed E-state index contributed by atoms with van der Waals surface area (Å²) in [5.74, 6) is 3.15. The highest BCUT2D eigenvalue weighted by Gasteiger charge is 2.30. The summed E-state index contributed by atoms with van der Waals surface area (Å²) in [6.07, 6.45) is -0.255.